The summed E-state index contributed by atoms with van der Waals surface area (Å²) in [6, 6.07) is 6.42. The predicted octanol–water partition coefficient (Wildman–Crippen LogP) is 3.08. The lowest BCUT2D eigenvalue weighted by Crippen LogP contribution is -2.02. The molecule has 5 nitrogen and oxygen atoms in total. The Kier molecular flexibility index (Phi) is 3.51. The average Bonchev–Trinajstić information content (AvgIpc) is 2.87. The lowest BCUT2D eigenvalue weighted by atomic mass is 10.4. The summed E-state index contributed by atoms with van der Waals surface area (Å²) >= 11 is 1.38. The Hall–Kier alpha value is -2.15. The Morgan fingerprint density at radius 2 is 2.25 bits per heavy atom. The van der Waals surface area contributed by atoms with Crippen LogP contribution in [0.1, 0.15) is 6.92 Å². The highest BCUT2D eigenvalue weighted by atomic mass is 32.2. The Bertz CT molecular complexity index is 742. The number of hydrogen-bond donors (Lipinski definition) is 2. The monoisotopic (exact) mass is 289 g/mol. The first-order valence-electron chi connectivity index (χ1n) is 6.14. The molecule has 3 aromatic rings. The molecule has 0 aliphatic carbocycles. The summed E-state index contributed by atoms with van der Waals surface area (Å²) in [5, 5.41) is 11.4. The van der Waals surface area contributed by atoms with Gasteiger partial charge in [-0.1, -0.05) is 17.8 Å². The molecule has 102 valence electrons. The molecule has 0 amide bonds. The standard InChI is InChI=1S/C13H12FN5S/c1-2-15-13-17-11-10(7-16-19-11)12(18-13)20-9-5-3-4-8(14)6-9/h3-7H,2H2,1H3,(H2,15,16,17,18,19). The molecule has 0 atom stereocenters. The smallest absolute Gasteiger partial charge is 0.225 e. The zero-order chi connectivity index (χ0) is 13.9. The first-order valence-corrected chi connectivity index (χ1v) is 6.96. The quantitative estimate of drug-likeness (QED) is 0.723. The maximum Gasteiger partial charge on any atom is 0.225 e. The minimum atomic E-state index is -0.264. The zero-order valence-electron chi connectivity index (χ0n) is 10.7. The van der Waals surface area contributed by atoms with E-state index in [0.29, 0.717) is 11.6 Å². The van der Waals surface area contributed by atoms with Gasteiger partial charge in [-0.3, -0.25) is 5.10 Å². The molecule has 1 aromatic carbocycles. The number of anilines is 1. The molecule has 3 rings (SSSR count). The summed E-state index contributed by atoms with van der Waals surface area (Å²) in [4.78, 5) is 9.55. The van der Waals surface area contributed by atoms with Crippen LogP contribution in [0.3, 0.4) is 0 Å². The van der Waals surface area contributed by atoms with E-state index in [9.17, 15) is 4.39 Å². The number of halogens is 1. The van der Waals surface area contributed by atoms with Crippen LogP contribution in [0, 0.1) is 5.82 Å². The molecule has 0 aliphatic heterocycles. The van der Waals surface area contributed by atoms with Crippen LogP contribution < -0.4 is 5.32 Å². The fourth-order valence-electron chi connectivity index (χ4n) is 1.77. The highest BCUT2D eigenvalue weighted by Crippen LogP contribution is 2.31. The Balaban J connectivity index is 2.02. The number of nitrogens with one attached hydrogen (secondary N) is 2. The average molecular weight is 289 g/mol. The van der Waals surface area contributed by atoms with Crippen molar-refractivity contribution < 1.29 is 4.39 Å². The number of H-pyrrole nitrogens is 1. The second-order valence-corrected chi connectivity index (χ2v) is 5.14. The first-order chi connectivity index (χ1) is 9.76. The van der Waals surface area contributed by atoms with Crippen LogP contribution in [0.25, 0.3) is 11.0 Å². The van der Waals surface area contributed by atoms with Crippen molar-refractivity contribution >= 4 is 28.7 Å². The number of fused-ring (bicyclic) bond motifs is 1. The van der Waals surface area contributed by atoms with Crippen LogP contribution in [-0.2, 0) is 0 Å². The number of nitrogens with zero attached hydrogens (tertiary/aromatic N) is 3. The first kappa shape index (κ1) is 12.9. The minimum Gasteiger partial charge on any atom is -0.354 e. The van der Waals surface area contributed by atoms with Crippen LogP contribution in [0.15, 0.2) is 40.4 Å². The van der Waals surface area contributed by atoms with E-state index in [-0.39, 0.29) is 5.82 Å². The maximum absolute atomic E-state index is 13.2. The van der Waals surface area contributed by atoms with Crippen molar-refractivity contribution in [3.8, 4) is 0 Å². The van der Waals surface area contributed by atoms with E-state index in [1.54, 1.807) is 12.3 Å². The molecule has 0 aliphatic rings. The number of hydrogen-bond acceptors (Lipinski definition) is 5. The molecule has 0 saturated heterocycles. The minimum absolute atomic E-state index is 0.264. The third kappa shape index (κ3) is 2.57. The van der Waals surface area contributed by atoms with Gasteiger partial charge in [0.1, 0.15) is 10.8 Å². The molecule has 0 bridgehead atoms. The lowest BCUT2D eigenvalue weighted by molar-refractivity contribution is 0.624. The van der Waals surface area contributed by atoms with E-state index in [0.717, 1.165) is 21.9 Å². The van der Waals surface area contributed by atoms with Gasteiger partial charge in [0.25, 0.3) is 0 Å². The molecule has 0 spiro atoms. The second kappa shape index (κ2) is 5.46. The van der Waals surface area contributed by atoms with Crippen molar-refractivity contribution in [3.05, 3.63) is 36.3 Å². The predicted molar refractivity (Wildman–Crippen MR) is 76.4 cm³/mol. The fourth-order valence-corrected chi connectivity index (χ4v) is 2.70. The van der Waals surface area contributed by atoms with Crippen molar-refractivity contribution in [1.82, 2.24) is 20.2 Å². The van der Waals surface area contributed by atoms with Crippen molar-refractivity contribution in [2.24, 2.45) is 0 Å². The maximum atomic E-state index is 13.2. The highest BCUT2D eigenvalue weighted by Gasteiger charge is 2.11. The summed E-state index contributed by atoms with van der Waals surface area (Å²) in [6.07, 6.45) is 1.67. The van der Waals surface area contributed by atoms with Gasteiger partial charge in [0.2, 0.25) is 5.95 Å². The van der Waals surface area contributed by atoms with Gasteiger partial charge >= 0.3 is 0 Å². The molecule has 7 heteroatoms. The van der Waals surface area contributed by atoms with Gasteiger partial charge in [0.05, 0.1) is 11.6 Å². The van der Waals surface area contributed by atoms with Crippen molar-refractivity contribution in [2.75, 3.05) is 11.9 Å². The molecule has 0 radical (unpaired) electrons. The Morgan fingerprint density at radius 1 is 1.35 bits per heavy atom. The van der Waals surface area contributed by atoms with E-state index in [4.69, 9.17) is 0 Å². The zero-order valence-corrected chi connectivity index (χ0v) is 11.5. The molecular formula is C13H12FN5S. The molecule has 20 heavy (non-hydrogen) atoms. The van der Waals surface area contributed by atoms with Crippen LogP contribution in [0.2, 0.25) is 0 Å². The number of aromatic amines is 1. The van der Waals surface area contributed by atoms with Gasteiger partial charge in [0.15, 0.2) is 5.65 Å². The molecule has 2 aromatic heterocycles. The number of benzene rings is 1. The van der Waals surface area contributed by atoms with Gasteiger partial charge in [-0.15, -0.1) is 0 Å². The van der Waals surface area contributed by atoms with Crippen molar-refractivity contribution in [3.63, 3.8) is 0 Å². The van der Waals surface area contributed by atoms with Crippen molar-refractivity contribution in [2.45, 2.75) is 16.8 Å². The largest absolute Gasteiger partial charge is 0.354 e. The van der Waals surface area contributed by atoms with E-state index < -0.39 is 0 Å². The number of rotatable bonds is 4. The van der Waals surface area contributed by atoms with Gasteiger partial charge in [-0.25, -0.2) is 9.37 Å². The summed E-state index contributed by atoms with van der Waals surface area (Å²) < 4.78 is 13.2. The third-order valence-electron chi connectivity index (χ3n) is 2.62. The van der Waals surface area contributed by atoms with Crippen LogP contribution in [0.4, 0.5) is 10.3 Å². The van der Waals surface area contributed by atoms with Crippen LogP contribution in [-0.4, -0.2) is 26.7 Å². The van der Waals surface area contributed by atoms with Gasteiger partial charge < -0.3 is 5.32 Å². The van der Waals surface area contributed by atoms with Gasteiger partial charge in [-0.2, -0.15) is 10.1 Å². The van der Waals surface area contributed by atoms with Gasteiger partial charge in [-0.05, 0) is 25.1 Å². The summed E-state index contributed by atoms with van der Waals surface area (Å²) in [6.45, 7) is 2.70. The van der Waals surface area contributed by atoms with Crippen LogP contribution >= 0.6 is 11.8 Å². The normalized spacial score (nSPS) is 10.9. The fraction of sp³-hybridized carbons (Fsp3) is 0.154. The topological polar surface area (TPSA) is 66.5 Å². The SMILES string of the molecule is CCNc1nc(Sc2cccc(F)c2)c2cn[nH]c2n1. The molecule has 0 fully saturated rings. The summed E-state index contributed by atoms with van der Waals surface area (Å²) in [5.41, 5.74) is 0.662. The van der Waals surface area contributed by atoms with E-state index in [1.807, 2.05) is 13.0 Å². The summed E-state index contributed by atoms with van der Waals surface area (Å²) in [7, 11) is 0. The van der Waals surface area contributed by atoms with Crippen molar-refractivity contribution in [1.29, 1.82) is 0 Å². The Morgan fingerprint density at radius 3 is 3.05 bits per heavy atom. The van der Waals surface area contributed by atoms with Gasteiger partial charge in [0, 0.05) is 11.4 Å². The summed E-state index contributed by atoms with van der Waals surface area (Å²) in [5.74, 6) is 0.266. The van der Waals surface area contributed by atoms with E-state index in [1.165, 1.54) is 23.9 Å². The molecule has 0 unspecified atom stereocenters. The second-order valence-electron chi connectivity index (χ2n) is 4.07. The highest BCUT2D eigenvalue weighted by molar-refractivity contribution is 7.99. The molecule has 2 heterocycles. The molecule has 2 N–H and O–H groups in total. The Labute approximate surface area is 119 Å². The van der Waals surface area contributed by atoms with E-state index >= 15 is 0 Å². The molecule has 0 saturated carbocycles. The van der Waals surface area contributed by atoms with Crippen LogP contribution in [0.5, 0.6) is 0 Å². The number of aromatic nitrogens is 4. The molecular weight excluding hydrogens is 277 g/mol. The lowest BCUT2D eigenvalue weighted by Gasteiger charge is -2.06. The van der Waals surface area contributed by atoms with E-state index in [2.05, 4.69) is 25.5 Å². The third-order valence-corrected chi connectivity index (χ3v) is 3.61.